The fourth-order valence-electron chi connectivity index (χ4n) is 4.19. The number of hydrogen-bond donors (Lipinski definition) is 0. The molecule has 0 N–H and O–H groups in total. The zero-order valence-electron chi connectivity index (χ0n) is 15.5. The van der Waals surface area contributed by atoms with Gasteiger partial charge in [-0.05, 0) is 25.7 Å². The third-order valence-corrected chi connectivity index (χ3v) is 6.46. The third kappa shape index (κ3) is 2.93. The van der Waals surface area contributed by atoms with Crippen molar-refractivity contribution < 1.29 is 0 Å². The summed E-state index contributed by atoms with van der Waals surface area (Å²) < 4.78 is 3.74. The highest BCUT2D eigenvalue weighted by atomic mass is 32.1. The van der Waals surface area contributed by atoms with E-state index >= 15 is 0 Å². The maximum atomic E-state index is 12.4. The molecule has 3 aromatic rings. The lowest BCUT2D eigenvalue weighted by molar-refractivity contribution is 0.471. The van der Waals surface area contributed by atoms with E-state index in [1.807, 2.05) is 0 Å². The Balaban J connectivity index is 1.44. The Hall–Kier alpha value is -2.29. The molecule has 1 fully saturated rings. The second-order valence-corrected chi connectivity index (χ2v) is 8.36. The topological polar surface area (TPSA) is 81.2 Å². The van der Waals surface area contributed by atoms with Crippen molar-refractivity contribution in [2.75, 3.05) is 18.0 Å². The molecule has 0 saturated carbocycles. The molecule has 0 bridgehead atoms. The van der Waals surface area contributed by atoms with Crippen LogP contribution in [0.3, 0.4) is 0 Å². The fourth-order valence-corrected chi connectivity index (χ4v) is 5.16. The molecule has 27 heavy (non-hydrogen) atoms. The van der Waals surface area contributed by atoms with Gasteiger partial charge in [0.2, 0.25) is 10.1 Å². The van der Waals surface area contributed by atoms with Crippen molar-refractivity contribution in [1.29, 1.82) is 0 Å². The van der Waals surface area contributed by atoms with Crippen molar-refractivity contribution in [3.8, 4) is 0 Å². The van der Waals surface area contributed by atoms with Gasteiger partial charge in [0.25, 0.3) is 5.56 Å². The molecule has 1 unspecified atom stereocenters. The van der Waals surface area contributed by atoms with Gasteiger partial charge in [-0.15, -0.1) is 15.3 Å². The minimum absolute atomic E-state index is 0.0882. The Morgan fingerprint density at radius 1 is 1.26 bits per heavy atom. The Morgan fingerprint density at radius 2 is 2.19 bits per heavy atom. The molecule has 8 nitrogen and oxygen atoms in total. The van der Waals surface area contributed by atoms with E-state index in [1.165, 1.54) is 22.3 Å². The van der Waals surface area contributed by atoms with E-state index in [4.69, 9.17) is 0 Å². The molecule has 1 saturated heterocycles. The summed E-state index contributed by atoms with van der Waals surface area (Å²) in [6, 6.07) is 1.61. The number of anilines is 1. The minimum Gasteiger partial charge on any atom is -0.346 e. The van der Waals surface area contributed by atoms with Crippen molar-refractivity contribution in [3.63, 3.8) is 0 Å². The largest absolute Gasteiger partial charge is 0.346 e. The molecule has 2 aliphatic heterocycles. The number of aromatic nitrogens is 6. The van der Waals surface area contributed by atoms with Crippen LogP contribution in [0.5, 0.6) is 0 Å². The van der Waals surface area contributed by atoms with Crippen LogP contribution < -0.4 is 10.5 Å². The summed E-state index contributed by atoms with van der Waals surface area (Å²) in [7, 11) is 0. The van der Waals surface area contributed by atoms with E-state index in [1.54, 1.807) is 6.07 Å². The molecular weight excluding hydrogens is 362 g/mol. The highest BCUT2D eigenvalue weighted by Crippen LogP contribution is 2.32. The van der Waals surface area contributed by atoms with E-state index < -0.39 is 0 Å². The summed E-state index contributed by atoms with van der Waals surface area (Å²) in [5, 5.41) is 14.3. The minimum atomic E-state index is -0.0882. The predicted molar refractivity (Wildman–Crippen MR) is 104 cm³/mol. The van der Waals surface area contributed by atoms with Gasteiger partial charge < -0.3 is 9.47 Å². The summed E-state index contributed by atoms with van der Waals surface area (Å²) >= 11 is 1.51. The Bertz CT molecular complexity index is 1040. The molecule has 2 aliphatic rings. The molecule has 0 amide bonds. The van der Waals surface area contributed by atoms with E-state index in [-0.39, 0.29) is 5.56 Å². The van der Waals surface area contributed by atoms with Gasteiger partial charge in [0, 0.05) is 43.7 Å². The van der Waals surface area contributed by atoms with E-state index in [9.17, 15) is 4.79 Å². The highest BCUT2D eigenvalue weighted by molar-refractivity contribution is 7.20. The Kier molecular flexibility index (Phi) is 4.18. The molecular formula is C18H23N7OS. The smallest absolute Gasteiger partial charge is 0.275 e. The average molecular weight is 385 g/mol. The summed E-state index contributed by atoms with van der Waals surface area (Å²) in [4.78, 5) is 20.0. The van der Waals surface area contributed by atoms with Gasteiger partial charge in [0.1, 0.15) is 11.6 Å². The van der Waals surface area contributed by atoms with E-state index in [0.29, 0.717) is 10.9 Å². The quantitative estimate of drug-likeness (QED) is 0.683. The molecule has 0 radical (unpaired) electrons. The number of nitrogens with zero attached hydrogens (tertiary/aromatic N) is 7. The number of piperidine rings is 1. The zero-order valence-corrected chi connectivity index (χ0v) is 16.3. The van der Waals surface area contributed by atoms with Crippen LogP contribution in [-0.2, 0) is 19.4 Å². The van der Waals surface area contributed by atoms with Crippen molar-refractivity contribution in [3.05, 3.63) is 33.8 Å². The maximum absolute atomic E-state index is 12.4. The highest BCUT2D eigenvalue weighted by Gasteiger charge is 2.29. The summed E-state index contributed by atoms with van der Waals surface area (Å²) in [6.07, 6.45) is 6.22. The molecule has 142 valence electrons. The third-order valence-electron chi connectivity index (χ3n) is 5.49. The van der Waals surface area contributed by atoms with Gasteiger partial charge in [-0.1, -0.05) is 24.7 Å². The van der Waals surface area contributed by atoms with E-state index in [2.05, 4.69) is 36.7 Å². The molecule has 0 aromatic carbocycles. The van der Waals surface area contributed by atoms with Crippen molar-refractivity contribution >= 4 is 21.4 Å². The number of hydrogen-bond acceptors (Lipinski definition) is 7. The van der Waals surface area contributed by atoms with Crippen LogP contribution >= 0.6 is 11.3 Å². The van der Waals surface area contributed by atoms with Gasteiger partial charge in [-0.2, -0.15) is 4.52 Å². The molecule has 9 heteroatoms. The van der Waals surface area contributed by atoms with Crippen LogP contribution in [0, 0.1) is 0 Å². The van der Waals surface area contributed by atoms with Crippen LogP contribution in [0.1, 0.15) is 55.9 Å². The summed E-state index contributed by atoms with van der Waals surface area (Å²) in [5.41, 5.74) is 0.767. The van der Waals surface area contributed by atoms with Gasteiger partial charge in [0.15, 0.2) is 0 Å². The number of rotatable bonds is 4. The fraction of sp³-hybridized carbons (Fsp3) is 0.611. The predicted octanol–water partition coefficient (Wildman–Crippen LogP) is 2.03. The first kappa shape index (κ1) is 16.9. The second-order valence-electron chi connectivity index (χ2n) is 7.43. The Labute approximate surface area is 160 Å². The standard InChI is InChI=1S/C18H23N7OS/c1-2-5-13-10-15(26)25-17(19-13)27-18(22-25)23-8-3-6-12(11-23)16-21-20-14-7-4-9-24(14)16/h10,12H,2-9,11H2,1H3. The van der Waals surface area contributed by atoms with E-state index in [0.717, 1.165) is 74.2 Å². The summed E-state index contributed by atoms with van der Waals surface area (Å²) in [5.74, 6) is 2.61. The summed E-state index contributed by atoms with van der Waals surface area (Å²) in [6.45, 7) is 4.95. The lowest BCUT2D eigenvalue weighted by Gasteiger charge is -2.31. The molecule has 5 rings (SSSR count). The van der Waals surface area contributed by atoms with Crippen molar-refractivity contribution in [1.82, 2.24) is 29.4 Å². The van der Waals surface area contributed by atoms with Crippen LogP contribution in [0.2, 0.25) is 0 Å². The molecule has 5 heterocycles. The normalized spacial score (nSPS) is 19.7. The van der Waals surface area contributed by atoms with Crippen molar-refractivity contribution in [2.24, 2.45) is 0 Å². The first-order valence-corrected chi connectivity index (χ1v) is 10.6. The Morgan fingerprint density at radius 3 is 3.07 bits per heavy atom. The van der Waals surface area contributed by atoms with Crippen LogP contribution in [-0.4, -0.2) is 42.5 Å². The van der Waals surface area contributed by atoms with Gasteiger partial charge in [-0.3, -0.25) is 4.79 Å². The zero-order chi connectivity index (χ0) is 18.4. The molecule has 3 aromatic heterocycles. The number of fused-ring (bicyclic) bond motifs is 2. The second kappa shape index (κ2) is 6.70. The maximum Gasteiger partial charge on any atom is 0.275 e. The average Bonchev–Trinajstić information content (AvgIpc) is 3.37. The van der Waals surface area contributed by atoms with Gasteiger partial charge in [-0.25, -0.2) is 4.98 Å². The van der Waals surface area contributed by atoms with Crippen LogP contribution in [0.15, 0.2) is 10.9 Å². The van der Waals surface area contributed by atoms with Crippen LogP contribution in [0.25, 0.3) is 4.96 Å². The molecule has 0 spiro atoms. The number of aryl methyl sites for hydroxylation is 2. The lowest BCUT2D eigenvalue weighted by atomic mass is 9.97. The SMILES string of the molecule is CCCc1cc(=O)n2nc(N3CCCC(c4nnc5n4CCC5)C3)sc2n1. The molecule has 0 aliphatic carbocycles. The van der Waals surface area contributed by atoms with Gasteiger partial charge >= 0.3 is 0 Å². The van der Waals surface area contributed by atoms with Crippen molar-refractivity contribution in [2.45, 2.75) is 57.9 Å². The van der Waals surface area contributed by atoms with Crippen LogP contribution in [0.4, 0.5) is 5.13 Å². The first-order valence-electron chi connectivity index (χ1n) is 9.79. The molecule has 1 atom stereocenters. The first-order chi connectivity index (χ1) is 13.2. The lowest BCUT2D eigenvalue weighted by Crippen LogP contribution is -2.35. The monoisotopic (exact) mass is 385 g/mol. The van der Waals surface area contributed by atoms with Gasteiger partial charge in [0.05, 0.1) is 0 Å².